The van der Waals surface area contributed by atoms with Crippen molar-refractivity contribution in [3.8, 4) is 0 Å². The van der Waals surface area contributed by atoms with E-state index in [0.29, 0.717) is 0 Å². The Kier molecular flexibility index (Phi) is 3.77. The first-order valence-corrected chi connectivity index (χ1v) is 8.21. The molecular weight excluding hydrogens is 292 g/mol. The summed E-state index contributed by atoms with van der Waals surface area (Å²) in [5.41, 5.74) is 15.1. The van der Waals surface area contributed by atoms with Crippen LogP contribution in [0.25, 0.3) is 21.5 Å². The van der Waals surface area contributed by atoms with E-state index in [4.69, 9.17) is 11.5 Å². The SMILES string of the molecule is N[C@H](c1ccc2ccccc2c1)[C@H](N)c1ccc2ccccc2c1. The first-order valence-electron chi connectivity index (χ1n) is 8.21. The topological polar surface area (TPSA) is 52.0 Å². The van der Waals surface area contributed by atoms with Crippen LogP contribution in [0.3, 0.4) is 0 Å². The number of hydrogen-bond acceptors (Lipinski definition) is 2. The van der Waals surface area contributed by atoms with Crippen molar-refractivity contribution in [1.29, 1.82) is 0 Å². The fourth-order valence-corrected chi connectivity index (χ4v) is 3.24. The second-order valence-electron chi connectivity index (χ2n) is 6.26. The number of hydrogen-bond donors (Lipinski definition) is 2. The van der Waals surface area contributed by atoms with Crippen LogP contribution in [0.15, 0.2) is 84.9 Å². The Morgan fingerprint density at radius 2 is 0.833 bits per heavy atom. The summed E-state index contributed by atoms with van der Waals surface area (Å²) in [5, 5.41) is 4.81. The molecule has 0 saturated heterocycles. The van der Waals surface area contributed by atoms with Crippen LogP contribution in [-0.2, 0) is 0 Å². The van der Waals surface area contributed by atoms with Gasteiger partial charge in [0.15, 0.2) is 0 Å². The van der Waals surface area contributed by atoms with Gasteiger partial charge in [-0.15, -0.1) is 0 Å². The maximum Gasteiger partial charge on any atom is 0.0491 e. The van der Waals surface area contributed by atoms with Crippen LogP contribution in [0, 0.1) is 0 Å². The Morgan fingerprint density at radius 3 is 1.25 bits per heavy atom. The lowest BCUT2D eigenvalue weighted by atomic mass is 9.92. The molecule has 0 amide bonds. The van der Waals surface area contributed by atoms with Gasteiger partial charge in [0, 0.05) is 12.1 Å². The molecule has 0 aliphatic carbocycles. The molecule has 118 valence electrons. The molecule has 0 aliphatic rings. The Balaban J connectivity index is 1.69. The fourth-order valence-electron chi connectivity index (χ4n) is 3.24. The average Bonchev–Trinajstić information content (AvgIpc) is 2.66. The van der Waals surface area contributed by atoms with Gasteiger partial charge in [-0.2, -0.15) is 0 Å². The Bertz CT molecular complexity index is 923. The van der Waals surface area contributed by atoms with Crippen molar-refractivity contribution in [3.05, 3.63) is 96.1 Å². The molecule has 2 nitrogen and oxygen atoms in total. The van der Waals surface area contributed by atoms with Gasteiger partial charge in [-0.05, 0) is 44.8 Å². The maximum absolute atomic E-state index is 6.48. The quantitative estimate of drug-likeness (QED) is 0.576. The minimum atomic E-state index is -0.240. The van der Waals surface area contributed by atoms with E-state index in [2.05, 4.69) is 60.7 Å². The van der Waals surface area contributed by atoms with Crippen LogP contribution in [-0.4, -0.2) is 0 Å². The van der Waals surface area contributed by atoms with Gasteiger partial charge in [-0.1, -0.05) is 72.8 Å². The van der Waals surface area contributed by atoms with Crippen molar-refractivity contribution < 1.29 is 0 Å². The molecule has 24 heavy (non-hydrogen) atoms. The lowest BCUT2D eigenvalue weighted by Crippen LogP contribution is -2.26. The molecule has 0 fully saturated rings. The molecule has 4 aromatic carbocycles. The third-order valence-corrected chi connectivity index (χ3v) is 4.70. The molecule has 0 aliphatic heterocycles. The second-order valence-corrected chi connectivity index (χ2v) is 6.26. The van der Waals surface area contributed by atoms with Crippen LogP contribution >= 0.6 is 0 Å². The van der Waals surface area contributed by atoms with Crippen molar-refractivity contribution in [1.82, 2.24) is 0 Å². The highest BCUT2D eigenvalue weighted by Crippen LogP contribution is 2.29. The summed E-state index contributed by atoms with van der Waals surface area (Å²) in [7, 11) is 0. The van der Waals surface area contributed by atoms with Crippen molar-refractivity contribution >= 4 is 21.5 Å². The molecule has 0 unspecified atom stereocenters. The van der Waals surface area contributed by atoms with Crippen LogP contribution in [0.4, 0.5) is 0 Å². The first kappa shape index (κ1) is 14.9. The molecule has 0 heterocycles. The standard InChI is InChI=1S/C22H20N2/c23-21(19-11-9-15-5-1-3-7-17(15)13-19)22(24)20-12-10-16-6-2-4-8-18(16)14-20/h1-14,21-22H,23-24H2/t21-,22-/m1/s1. The largest absolute Gasteiger partial charge is 0.322 e. The molecule has 0 bridgehead atoms. The van der Waals surface area contributed by atoms with Gasteiger partial charge in [0.2, 0.25) is 0 Å². The minimum absolute atomic E-state index is 0.240. The summed E-state index contributed by atoms with van der Waals surface area (Å²) >= 11 is 0. The summed E-state index contributed by atoms with van der Waals surface area (Å²) in [6.45, 7) is 0. The Hall–Kier alpha value is -2.68. The van der Waals surface area contributed by atoms with Gasteiger partial charge in [-0.3, -0.25) is 0 Å². The molecule has 2 atom stereocenters. The zero-order valence-electron chi connectivity index (χ0n) is 13.4. The molecular formula is C22H20N2. The van der Waals surface area contributed by atoms with Crippen molar-refractivity contribution in [2.75, 3.05) is 0 Å². The van der Waals surface area contributed by atoms with E-state index < -0.39 is 0 Å². The minimum Gasteiger partial charge on any atom is -0.322 e. The summed E-state index contributed by atoms with van der Waals surface area (Å²) in [6.07, 6.45) is 0. The molecule has 4 rings (SSSR count). The van der Waals surface area contributed by atoms with Crippen LogP contribution in [0.1, 0.15) is 23.2 Å². The fraction of sp³-hybridized carbons (Fsp3) is 0.0909. The maximum atomic E-state index is 6.48. The smallest absolute Gasteiger partial charge is 0.0491 e. The normalized spacial score (nSPS) is 13.9. The number of rotatable bonds is 3. The summed E-state index contributed by atoms with van der Waals surface area (Å²) in [5.74, 6) is 0. The van der Waals surface area contributed by atoms with E-state index in [1.54, 1.807) is 0 Å². The summed E-state index contributed by atoms with van der Waals surface area (Å²) in [4.78, 5) is 0. The molecule has 0 spiro atoms. The molecule has 0 saturated carbocycles. The number of nitrogens with two attached hydrogens (primary N) is 2. The Morgan fingerprint density at radius 1 is 0.458 bits per heavy atom. The van der Waals surface area contributed by atoms with Crippen molar-refractivity contribution in [3.63, 3.8) is 0 Å². The highest BCUT2D eigenvalue weighted by molar-refractivity contribution is 5.84. The van der Waals surface area contributed by atoms with Crippen LogP contribution in [0.5, 0.6) is 0 Å². The third kappa shape index (κ3) is 2.67. The van der Waals surface area contributed by atoms with Crippen LogP contribution in [0.2, 0.25) is 0 Å². The third-order valence-electron chi connectivity index (χ3n) is 4.70. The van der Waals surface area contributed by atoms with E-state index in [-0.39, 0.29) is 12.1 Å². The molecule has 0 radical (unpaired) electrons. The number of fused-ring (bicyclic) bond motifs is 2. The van der Waals surface area contributed by atoms with Crippen LogP contribution < -0.4 is 11.5 Å². The zero-order valence-corrected chi connectivity index (χ0v) is 13.4. The van der Waals surface area contributed by atoms with Gasteiger partial charge < -0.3 is 11.5 Å². The van der Waals surface area contributed by atoms with Gasteiger partial charge in [0.25, 0.3) is 0 Å². The lowest BCUT2D eigenvalue weighted by Gasteiger charge is -2.21. The number of benzene rings is 4. The van der Waals surface area contributed by atoms with E-state index >= 15 is 0 Å². The molecule has 4 N–H and O–H groups in total. The van der Waals surface area contributed by atoms with E-state index in [0.717, 1.165) is 11.1 Å². The average molecular weight is 312 g/mol. The van der Waals surface area contributed by atoms with E-state index in [9.17, 15) is 0 Å². The molecule has 0 aromatic heterocycles. The van der Waals surface area contributed by atoms with Crippen molar-refractivity contribution in [2.24, 2.45) is 11.5 Å². The zero-order chi connectivity index (χ0) is 16.5. The summed E-state index contributed by atoms with van der Waals surface area (Å²) in [6, 6.07) is 28.8. The first-order chi connectivity index (χ1) is 11.7. The highest BCUT2D eigenvalue weighted by atomic mass is 14.8. The Labute approximate surface area is 141 Å². The van der Waals surface area contributed by atoms with E-state index in [1.165, 1.54) is 21.5 Å². The predicted molar refractivity (Wildman–Crippen MR) is 102 cm³/mol. The molecule has 2 heteroatoms. The van der Waals surface area contributed by atoms with Crippen molar-refractivity contribution in [2.45, 2.75) is 12.1 Å². The molecule has 4 aromatic rings. The second kappa shape index (κ2) is 6.08. The summed E-state index contributed by atoms with van der Waals surface area (Å²) < 4.78 is 0. The lowest BCUT2D eigenvalue weighted by molar-refractivity contribution is 0.575. The predicted octanol–water partition coefficient (Wildman–Crippen LogP) is 4.69. The van der Waals surface area contributed by atoms with Gasteiger partial charge in [0.1, 0.15) is 0 Å². The highest BCUT2D eigenvalue weighted by Gasteiger charge is 2.18. The van der Waals surface area contributed by atoms with Gasteiger partial charge in [-0.25, -0.2) is 0 Å². The van der Waals surface area contributed by atoms with E-state index in [1.807, 2.05) is 24.3 Å². The van der Waals surface area contributed by atoms with Gasteiger partial charge >= 0.3 is 0 Å². The van der Waals surface area contributed by atoms with Gasteiger partial charge in [0.05, 0.1) is 0 Å². The monoisotopic (exact) mass is 312 g/mol.